The van der Waals surface area contributed by atoms with Crippen molar-refractivity contribution in [3.63, 3.8) is 0 Å². The van der Waals surface area contributed by atoms with Crippen molar-refractivity contribution in [2.24, 2.45) is 0 Å². The Labute approximate surface area is 127 Å². The molecule has 0 radical (unpaired) electrons. The number of hydrogen-bond donors (Lipinski definition) is 2. The number of nitrogens with one attached hydrogen (secondary N) is 2. The van der Waals surface area contributed by atoms with Crippen molar-refractivity contribution >= 4 is 33.2 Å². The van der Waals surface area contributed by atoms with E-state index < -0.39 is 0 Å². The topological polar surface area (TPSA) is 41.1 Å². The Bertz CT molecular complexity index is 465. The first-order valence-corrected chi connectivity index (χ1v) is 8.28. The summed E-state index contributed by atoms with van der Waals surface area (Å²) in [6.07, 6.45) is 3.47. The third-order valence-corrected chi connectivity index (χ3v) is 4.82. The molecule has 2 N–H and O–H groups in total. The van der Waals surface area contributed by atoms with Crippen LogP contribution in [0.5, 0.6) is 0 Å². The van der Waals surface area contributed by atoms with Gasteiger partial charge >= 0.3 is 0 Å². The number of fused-ring (bicyclic) bond motifs is 1. The molecule has 5 heteroatoms. The summed E-state index contributed by atoms with van der Waals surface area (Å²) in [5.74, 6) is 0.0638. The lowest BCUT2D eigenvalue weighted by molar-refractivity contribution is -0.121. The van der Waals surface area contributed by atoms with Crippen molar-refractivity contribution in [2.45, 2.75) is 51.6 Å². The van der Waals surface area contributed by atoms with Gasteiger partial charge in [-0.25, -0.2) is 0 Å². The van der Waals surface area contributed by atoms with Crippen LogP contribution in [0, 0.1) is 0 Å². The van der Waals surface area contributed by atoms with Gasteiger partial charge in [-0.1, -0.05) is 0 Å². The lowest BCUT2D eigenvalue weighted by Gasteiger charge is -2.25. The molecule has 0 fully saturated rings. The van der Waals surface area contributed by atoms with Gasteiger partial charge in [-0.15, -0.1) is 11.3 Å². The quantitative estimate of drug-likeness (QED) is 0.882. The normalized spacial score (nSPS) is 19.1. The second-order valence-corrected chi connectivity index (χ2v) is 8.57. The molecule has 0 bridgehead atoms. The highest BCUT2D eigenvalue weighted by atomic mass is 79.9. The number of carbonyl (C=O) groups is 1. The number of amides is 1. The fraction of sp³-hybridized carbons (Fsp3) is 0.643. The van der Waals surface area contributed by atoms with Gasteiger partial charge in [0.1, 0.15) is 0 Å². The standard InChI is InChI=1S/C14H21BrN2OS/c1-14(2,3)17-13(18)8-16-10-5-4-6-11-9(10)7-12(15)19-11/h7,10,16H,4-6,8H2,1-3H3,(H,17,18). The maximum absolute atomic E-state index is 11.8. The molecule has 1 aliphatic rings. The zero-order valence-corrected chi connectivity index (χ0v) is 14.1. The van der Waals surface area contributed by atoms with Gasteiger partial charge in [-0.05, 0) is 67.6 Å². The summed E-state index contributed by atoms with van der Waals surface area (Å²) < 4.78 is 1.19. The van der Waals surface area contributed by atoms with Crippen molar-refractivity contribution in [1.29, 1.82) is 0 Å². The zero-order valence-electron chi connectivity index (χ0n) is 11.7. The molecule has 1 unspecified atom stereocenters. The van der Waals surface area contributed by atoms with E-state index in [0.717, 1.165) is 12.8 Å². The van der Waals surface area contributed by atoms with E-state index >= 15 is 0 Å². The van der Waals surface area contributed by atoms with Crippen LogP contribution in [0.25, 0.3) is 0 Å². The molecule has 106 valence electrons. The predicted octanol–water partition coefficient (Wildman–Crippen LogP) is 3.39. The largest absolute Gasteiger partial charge is 0.350 e. The molecule has 1 heterocycles. The monoisotopic (exact) mass is 344 g/mol. The van der Waals surface area contributed by atoms with Gasteiger partial charge in [0.15, 0.2) is 0 Å². The predicted molar refractivity (Wildman–Crippen MR) is 83.6 cm³/mol. The Hall–Kier alpha value is -0.390. The van der Waals surface area contributed by atoms with Crippen LogP contribution in [0.4, 0.5) is 0 Å². The van der Waals surface area contributed by atoms with E-state index in [0.29, 0.717) is 12.6 Å². The summed E-state index contributed by atoms with van der Waals surface area (Å²) in [6, 6.07) is 2.51. The summed E-state index contributed by atoms with van der Waals surface area (Å²) >= 11 is 5.37. The first-order chi connectivity index (χ1) is 8.85. The van der Waals surface area contributed by atoms with Crippen LogP contribution in [0.3, 0.4) is 0 Å². The van der Waals surface area contributed by atoms with Gasteiger partial charge in [0, 0.05) is 16.5 Å². The minimum absolute atomic E-state index is 0.0638. The third kappa shape index (κ3) is 4.29. The van der Waals surface area contributed by atoms with E-state index in [-0.39, 0.29) is 11.4 Å². The van der Waals surface area contributed by atoms with E-state index in [2.05, 4.69) is 32.6 Å². The Morgan fingerprint density at radius 3 is 2.95 bits per heavy atom. The Kier molecular flexibility index (Phi) is 4.69. The number of halogens is 1. The van der Waals surface area contributed by atoms with Gasteiger partial charge in [0.2, 0.25) is 5.91 Å². The molecule has 0 saturated carbocycles. The Morgan fingerprint density at radius 2 is 2.26 bits per heavy atom. The SMILES string of the molecule is CC(C)(C)NC(=O)CNC1CCCc2sc(Br)cc21. The molecule has 0 spiro atoms. The minimum atomic E-state index is -0.165. The average molecular weight is 345 g/mol. The van der Waals surface area contributed by atoms with Crippen LogP contribution in [0.15, 0.2) is 9.85 Å². The summed E-state index contributed by atoms with van der Waals surface area (Å²) in [5.41, 5.74) is 1.20. The fourth-order valence-electron chi connectivity index (χ4n) is 2.41. The molecule has 0 aliphatic heterocycles. The maximum atomic E-state index is 11.8. The van der Waals surface area contributed by atoms with Gasteiger partial charge < -0.3 is 10.6 Å². The molecule has 0 saturated heterocycles. The maximum Gasteiger partial charge on any atom is 0.234 e. The summed E-state index contributed by atoms with van der Waals surface area (Å²) in [6.45, 7) is 6.38. The van der Waals surface area contributed by atoms with Crippen LogP contribution in [-0.4, -0.2) is 18.0 Å². The second kappa shape index (κ2) is 5.94. The minimum Gasteiger partial charge on any atom is -0.350 e. The van der Waals surface area contributed by atoms with E-state index in [1.54, 1.807) is 0 Å². The molecule has 1 atom stereocenters. The molecule has 1 aromatic rings. The Balaban J connectivity index is 1.92. The molecule has 1 aromatic heterocycles. The van der Waals surface area contributed by atoms with Crippen LogP contribution in [0.2, 0.25) is 0 Å². The van der Waals surface area contributed by atoms with Crippen LogP contribution in [-0.2, 0) is 11.2 Å². The van der Waals surface area contributed by atoms with Crippen LogP contribution < -0.4 is 10.6 Å². The number of rotatable bonds is 3. The van der Waals surface area contributed by atoms with Crippen molar-refractivity contribution < 1.29 is 4.79 Å². The highest BCUT2D eigenvalue weighted by Crippen LogP contribution is 2.37. The van der Waals surface area contributed by atoms with Gasteiger partial charge in [-0.3, -0.25) is 4.79 Å². The summed E-state index contributed by atoms with van der Waals surface area (Å²) in [5, 5.41) is 6.37. The first kappa shape index (κ1) is 15.0. The van der Waals surface area contributed by atoms with E-state index in [4.69, 9.17) is 0 Å². The molecule has 2 rings (SSSR count). The van der Waals surface area contributed by atoms with Crippen molar-refractivity contribution in [1.82, 2.24) is 10.6 Å². The van der Waals surface area contributed by atoms with Gasteiger partial charge in [0.05, 0.1) is 10.3 Å². The van der Waals surface area contributed by atoms with E-state index in [1.165, 1.54) is 20.6 Å². The highest BCUT2D eigenvalue weighted by Gasteiger charge is 2.23. The highest BCUT2D eigenvalue weighted by molar-refractivity contribution is 9.11. The molecular weight excluding hydrogens is 324 g/mol. The van der Waals surface area contributed by atoms with Gasteiger partial charge in [0.25, 0.3) is 0 Å². The fourth-order valence-corrected chi connectivity index (χ4v) is 4.23. The van der Waals surface area contributed by atoms with E-state index in [9.17, 15) is 4.79 Å². The lowest BCUT2D eigenvalue weighted by atomic mass is 9.94. The van der Waals surface area contributed by atoms with E-state index in [1.807, 2.05) is 32.1 Å². The smallest absolute Gasteiger partial charge is 0.234 e. The Morgan fingerprint density at radius 1 is 1.53 bits per heavy atom. The first-order valence-electron chi connectivity index (χ1n) is 6.67. The molecule has 3 nitrogen and oxygen atoms in total. The van der Waals surface area contributed by atoms with Crippen molar-refractivity contribution in [3.05, 3.63) is 20.3 Å². The van der Waals surface area contributed by atoms with Crippen LogP contribution >= 0.6 is 27.3 Å². The van der Waals surface area contributed by atoms with Crippen molar-refractivity contribution in [3.8, 4) is 0 Å². The average Bonchev–Trinajstić information content (AvgIpc) is 2.64. The summed E-state index contributed by atoms with van der Waals surface area (Å²) in [7, 11) is 0. The zero-order chi connectivity index (χ0) is 14.0. The van der Waals surface area contributed by atoms with Crippen LogP contribution in [0.1, 0.15) is 50.1 Å². The molecular formula is C14H21BrN2OS. The number of hydrogen-bond acceptors (Lipinski definition) is 3. The number of carbonyl (C=O) groups excluding carboxylic acids is 1. The molecule has 0 aromatic carbocycles. The van der Waals surface area contributed by atoms with Gasteiger partial charge in [-0.2, -0.15) is 0 Å². The van der Waals surface area contributed by atoms with Crippen molar-refractivity contribution in [2.75, 3.05) is 6.54 Å². The molecule has 19 heavy (non-hydrogen) atoms. The molecule has 1 amide bonds. The molecule has 1 aliphatic carbocycles. The summed E-state index contributed by atoms with van der Waals surface area (Å²) in [4.78, 5) is 13.3. The number of thiophene rings is 1. The lowest BCUT2D eigenvalue weighted by Crippen LogP contribution is -2.45. The third-order valence-electron chi connectivity index (χ3n) is 3.11. The second-order valence-electron chi connectivity index (χ2n) is 6.05. The number of aryl methyl sites for hydroxylation is 1.